The first-order chi connectivity index (χ1) is 14.3. The molecule has 0 unspecified atom stereocenters. The highest BCUT2D eigenvalue weighted by Crippen LogP contribution is 2.44. The lowest BCUT2D eigenvalue weighted by Gasteiger charge is -2.24. The molecule has 1 atom stereocenters. The number of hydrogen-bond donors (Lipinski definition) is 2. The summed E-state index contributed by atoms with van der Waals surface area (Å²) in [6, 6.07) is 15.5. The lowest BCUT2D eigenvalue weighted by molar-refractivity contribution is -0.157. The molecule has 0 aromatic heterocycles. The van der Waals surface area contributed by atoms with Gasteiger partial charge in [-0.3, -0.25) is 0 Å². The van der Waals surface area contributed by atoms with Gasteiger partial charge in [0.2, 0.25) is 0 Å². The summed E-state index contributed by atoms with van der Waals surface area (Å²) in [5.41, 5.74) is 9.53. The second kappa shape index (κ2) is 10.6. The topological polar surface area (TPSA) is 90.6 Å². The maximum absolute atomic E-state index is 12.5. The number of nitrogens with one attached hydrogen (secondary N) is 1. The number of amides is 1. The Morgan fingerprint density at radius 1 is 1.03 bits per heavy atom. The zero-order chi connectivity index (χ0) is 21.7. The Kier molecular flexibility index (Phi) is 8.48. The molecular weight excluding hydrogens is 416 g/mol. The molecule has 2 aromatic carbocycles. The van der Waals surface area contributed by atoms with Crippen LogP contribution < -0.4 is 11.1 Å². The number of ether oxygens (including phenoxy) is 2. The Morgan fingerprint density at radius 3 is 2.10 bits per heavy atom. The highest BCUT2D eigenvalue weighted by Gasteiger charge is 2.30. The molecule has 1 aliphatic carbocycles. The van der Waals surface area contributed by atoms with Gasteiger partial charge in [0.25, 0.3) is 0 Å². The maximum atomic E-state index is 12.5. The Bertz CT molecular complexity index is 865. The fraction of sp³-hybridized carbons (Fsp3) is 0.417. The second-order valence-corrected chi connectivity index (χ2v) is 8.49. The van der Waals surface area contributed by atoms with Crippen molar-refractivity contribution in [1.82, 2.24) is 5.32 Å². The van der Waals surface area contributed by atoms with E-state index < -0.39 is 23.7 Å². The molecule has 168 valence electrons. The van der Waals surface area contributed by atoms with Gasteiger partial charge < -0.3 is 20.5 Å². The third kappa shape index (κ3) is 6.21. The monoisotopic (exact) mass is 446 g/mol. The average Bonchev–Trinajstić information content (AvgIpc) is 3.02. The van der Waals surface area contributed by atoms with E-state index in [1.807, 2.05) is 24.3 Å². The van der Waals surface area contributed by atoms with Crippen LogP contribution in [0.5, 0.6) is 0 Å². The van der Waals surface area contributed by atoms with Crippen LogP contribution in [0.1, 0.15) is 50.7 Å². The predicted octanol–water partition coefficient (Wildman–Crippen LogP) is 4.40. The van der Waals surface area contributed by atoms with E-state index in [-0.39, 0.29) is 24.9 Å². The number of esters is 1. The first-order valence-corrected chi connectivity index (χ1v) is 10.3. The van der Waals surface area contributed by atoms with Crippen LogP contribution in [-0.4, -0.2) is 36.9 Å². The van der Waals surface area contributed by atoms with E-state index in [4.69, 9.17) is 15.2 Å². The van der Waals surface area contributed by atoms with Crippen molar-refractivity contribution in [3.05, 3.63) is 59.7 Å². The van der Waals surface area contributed by atoms with E-state index >= 15 is 0 Å². The van der Waals surface area contributed by atoms with E-state index in [1.165, 1.54) is 0 Å². The summed E-state index contributed by atoms with van der Waals surface area (Å²) in [5.74, 6) is -0.517. The molecule has 3 rings (SSSR count). The van der Waals surface area contributed by atoms with Crippen molar-refractivity contribution in [3.8, 4) is 11.1 Å². The van der Waals surface area contributed by atoms with Crippen LogP contribution in [0.15, 0.2) is 48.5 Å². The van der Waals surface area contributed by atoms with Crippen LogP contribution in [0.4, 0.5) is 4.79 Å². The smallest absolute Gasteiger partial charge is 0.407 e. The van der Waals surface area contributed by atoms with Crippen molar-refractivity contribution < 1.29 is 19.1 Å². The summed E-state index contributed by atoms with van der Waals surface area (Å²) >= 11 is 0. The predicted molar refractivity (Wildman–Crippen MR) is 123 cm³/mol. The summed E-state index contributed by atoms with van der Waals surface area (Å²) in [4.78, 5) is 24.9. The minimum absolute atomic E-state index is 0. The van der Waals surface area contributed by atoms with Crippen LogP contribution in [0, 0.1) is 0 Å². The molecule has 2 aromatic rings. The van der Waals surface area contributed by atoms with Crippen molar-refractivity contribution in [2.45, 2.75) is 51.2 Å². The molecule has 0 radical (unpaired) electrons. The number of halogens is 1. The lowest BCUT2D eigenvalue weighted by atomic mass is 9.98. The van der Waals surface area contributed by atoms with E-state index in [9.17, 15) is 9.59 Å². The van der Waals surface area contributed by atoms with Gasteiger partial charge in [-0.2, -0.15) is 0 Å². The molecule has 6 nitrogen and oxygen atoms in total. The molecule has 0 saturated carbocycles. The largest absolute Gasteiger partial charge is 0.458 e. The highest BCUT2D eigenvalue weighted by molar-refractivity contribution is 5.85. The van der Waals surface area contributed by atoms with Crippen LogP contribution in [0.3, 0.4) is 0 Å². The van der Waals surface area contributed by atoms with Gasteiger partial charge >= 0.3 is 12.1 Å². The van der Waals surface area contributed by atoms with Gasteiger partial charge in [0.15, 0.2) is 0 Å². The van der Waals surface area contributed by atoms with Crippen LogP contribution in [0.2, 0.25) is 0 Å². The van der Waals surface area contributed by atoms with Gasteiger partial charge in [-0.25, -0.2) is 9.59 Å². The normalized spacial score (nSPS) is 13.4. The Hall–Kier alpha value is -2.57. The van der Waals surface area contributed by atoms with E-state index in [1.54, 1.807) is 20.8 Å². The molecule has 3 N–H and O–H groups in total. The van der Waals surface area contributed by atoms with Crippen LogP contribution >= 0.6 is 12.4 Å². The summed E-state index contributed by atoms with van der Waals surface area (Å²) in [6.07, 6.45) is 0.355. The fourth-order valence-corrected chi connectivity index (χ4v) is 3.73. The van der Waals surface area contributed by atoms with E-state index in [2.05, 4.69) is 29.6 Å². The number of benzene rings is 2. The number of alkyl carbamates (subject to hydrolysis) is 1. The fourth-order valence-electron chi connectivity index (χ4n) is 3.73. The number of rotatable bonds is 7. The Morgan fingerprint density at radius 2 is 1.58 bits per heavy atom. The van der Waals surface area contributed by atoms with Crippen LogP contribution in [0.25, 0.3) is 11.1 Å². The zero-order valence-electron chi connectivity index (χ0n) is 18.2. The molecule has 0 saturated heterocycles. The molecule has 1 amide bonds. The second-order valence-electron chi connectivity index (χ2n) is 8.49. The van der Waals surface area contributed by atoms with Gasteiger partial charge in [-0.05, 0) is 62.4 Å². The SMILES string of the molecule is CC(C)(C)OC(=O)[C@H](CCCN)NC(=O)OCC1c2ccccc2-c2ccccc21.Cl. The Labute approximate surface area is 189 Å². The third-order valence-electron chi connectivity index (χ3n) is 5.02. The minimum atomic E-state index is -0.788. The number of fused-ring (bicyclic) bond motifs is 3. The van der Waals surface area contributed by atoms with Crippen molar-refractivity contribution in [2.24, 2.45) is 5.73 Å². The number of nitrogens with two attached hydrogens (primary N) is 1. The first kappa shape index (κ1) is 24.7. The number of hydrogen-bond acceptors (Lipinski definition) is 5. The van der Waals surface area contributed by atoms with E-state index in [0.29, 0.717) is 19.4 Å². The van der Waals surface area contributed by atoms with Gasteiger partial charge in [-0.1, -0.05) is 48.5 Å². The summed E-state index contributed by atoms with van der Waals surface area (Å²) in [7, 11) is 0. The third-order valence-corrected chi connectivity index (χ3v) is 5.02. The zero-order valence-corrected chi connectivity index (χ0v) is 19.0. The molecule has 0 heterocycles. The number of carbonyl (C=O) groups excluding carboxylic acids is 2. The standard InChI is InChI=1S/C24H30N2O4.ClH/c1-24(2,3)30-22(27)21(13-8-14-25)26-23(28)29-15-20-18-11-6-4-9-16(18)17-10-5-7-12-19(17)20;/h4-7,9-12,20-21H,8,13-15,25H2,1-3H3,(H,26,28);1H/t21-;/m0./s1. The lowest BCUT2D eigenvalue weighted by Crippen LogP contribution is -2.44. The molecule has 7 heteroatoms. The average molecular weight is 447 g/mol. The minimum Gasteiger partial charge on any atom is -0.458 e. The van der Waals surface area contributed by atoms with Crippen LogP contribution in [-0.2, 0) is 14.3 Å². The summed E-state index contributed by atoms with van der Waals surface area (Å²) < 4.78 is 11.0. The van der Waals surface area contributed by atoms with Gasteiger partial charge in [0.05, 0.1) is 0 Å². The van der Waals surface area contributed by atoms with Gasteiger partial charge in [0, 0.05) is 5.92 Å². The maximum Gasteiger partial charge on any atom is 0.407 e. The highest BCUT2D eigenvalue weighted by atomic mass is 35.5. The molecule has 0 spiro atoms. The summed E-state index contributed by atoms with van der Waals surface area (Å²) in [5, 5.41) is 2.65. The molecule has 1 aliphatic rings. The van der Waals surface area contributed by atoms with Crippen molar-refractivity contribution >= 4 is 24.5 Å². The van der Waals surface area contributed by atoms with Gasteiger partial charge in [0.1, 0.15) is 18.2 Å². The Balaban J connectivity index is 0.00000341. The van der Waals surface area contributed by atoms with Gasteiger partial charge in [-0.15, -0.1) is 12.4 Å². The van der Waals surface area contributed by atoms with Crippen molar-refractivity contribution in [1.29, 1.82) is 0 Å². The molecule has 0 bridgehead atoms. The summed E-state index contributed by atoms with van der Waals surface area (Å²) in [6.45, 7) is 5.98. The first-order valence-electron chi connectivity index (χ1n) is 10.3. The number of carbonyl (C=O) groups is 2. The molecule has 0 fully saturated rings. The molecule has 0 aliphatic heterocycles. The van der Waals surface area contributed by atoms with E-state index in [0.717, 1.165) is 22.3 Å². The van der Waals surface area contributed by atoms with Crippen molar-refractivity contribution in [2.75, 3.05) is 13.2 Å². The molecule has 31 heavy (non-hydrogen) atoms. The molecular formula is C24H31ClN2O4. The van der Waals surface area contributed by atoms with Crippen molar-refractivity contribution in [3.63, 3.8) is 0 Å². The quantitative estimate of drug-likeness (QED) is 0.615.